The van der Waals surface area contributed by atoms with Crippen molar-refractivity contribution in [2.24, 2.45) is 0 Å². The van der Waals surface area contributed by atoms with Crippen LogP contribution in [0.2, 0.25) is 5.02 Å². The first-order valence-corrected chi connectivity index (χ1v) is 11.6. The van der Waals surface area contributed by atoms with Crippen LogP contribution < -0.4 is 19.5 Å². The van der Waals surface area contributed by atoms with Gasteiger partial charge in [-0.1, -0.05) is 17.7 Å². The fourth-order valence-corrected chi connectivity index (χ4v) is 4.14. The van der Waals surface area contributed by atoms with E-state index in [1.165, 1.54) is 37.5 Å². The Hall–Kier alpha value is -5.04. The zero-order chi connectivity index (χ0) is 27.7. The highest BCUT2D eigenvalue weighted by atomic mass is 35.5. The number of benzene rings is 2. The molecule has 0 radical (unpaired) electrons. The number of hydrogen-bond acceptors (Lipinski definition) is 10. The highest BCUT2D eigenvalue weighted by molar-refractivity contribution is 6.32. The number of carbonyl (C=O) groups is 3. The predicted molar refractivity (Wildman–Crippen MR) is 132 cm³/mol. The second kappa shape index (κ2) is 10.4. The van der Waals surface area contributed by atoms with E-state index in [1.807, 2.05) is 0 Å². The Kier molecular flexibility index (Phi) is 6.81. The minimum Gasteiger partial charge on any atom is -0.481 e. The lowest BCUT2D eigenvalue weighted by atomic mass is 10.1. The number of nitro groups is 1. The predicted octanol–water partition coefficient (Wildman–Crippen LogP) is 4.03. The van der Waals surface area contributed by atoms with Crippen LogP contribution in [0.25, 0.3) is 6.08 Å². The van der Waals surface area contributed by atoms with Crippen LogP contribution in [-0.4, -0.2) is 41.6 Å². The second-order valence-corrected chi connectivity index (χ2v) is 8.63. The van der Waals surface area contributed by atoms with Crippen molar-refractivity contribution in [1.29, 1.82) is 0 Å². The standard InChI is InChI=1S/C25H18ClN3O10/c1-35-24(31)20-5-3-15(39-20)10-28-23(30)17(27-25(28)32)7-14-6-16(26)22(18(8-14)29(33)34)36-11-13-2-4-19-21(9-13)38-12-37-19/h2-9H,10-12H2,1H3,(H,27,32)/b17-7-. The lowest BCUT2D eigenvalue weighted by Gasteiger charge is -2.10. The monoisotopic (exact) mass is 555 g/mol. The van der Waals surface area contributed by atoms with E-state index in [0.29, 0.717) is 17.1 Å². The van der Waals surface area contributed by atoms with Gasteiger partial charge in [0.2, 0.25) is 18.3 Å². The zero-order valence-corrected chi connectivity index (χ0v) is 20.9. The van der Waals surface area contributed by atoms with Crippen molar-refractivity contribution in [2.45, 2.75) is 13.2 Å². The SMILES string of the molecule is COC(=O)c1ccc(CN2C(=O)N/C(=C\c3cc(Cl)c(OCc4ccc5c(c4)OCO5)c([N+](=O)[O-])c3)C2=O)o1. The molecule has 0 unspecified atom stereocenters. The molecule has 0 aliphatic carbocycles. The third-order valence-corrected chi connectivity index (χ3v) is 5.98. The van der Waals surface area contributed by atoms with Gasteiger partial charge in [-0.2, -0.15) is 0 Å². The molecule has 14 heteroatoms. The van der Waals surface area contributed by atoms with Crippen molar-refractivity contribution < 1.29 is 42.7 Å². The molecule has 5 rings (SSSR count). The van der Waals surface area contributed by atoms with Crippen LogP contribution in [0.5, 0.6) is 17.2 Å². The molecule has 3 aromatic rings. The van der Waals surface area contributed by atoms with E-state index in [4.69, 9.17) is 30.2 Å². The van der Waals surface area contributed by atoms with Gasteiger partial charge in [-0.25, -0.2) is 9.59 Å². The molecule has 2 aromatic carbocycles. The fraction of sp³-hybridized carbons (Fsp3) is 0.160. The minimum atomic E-state index is -0.744. The maximum absolute atomic E-state index is 12.9. The van der Waals surface area contributed by atoms with Gasteiger partial charge in [0.05, 0.1) is 23.6 Å². The molecule has 39 heavy (non-hydrogen) atoms. The Labute approximate surface area is 224 Å². The molecule has 0 spiro atoms. The zero-order valence-electron chi connectivity index (χ0n) is 20.1. The first kappa shape index (κ1) is 25.6. The Bertz CT molecular complexity index is 1550. The quantitative estimate of drug-likeness (QED) is 0.141. The Morgan fingerprint density at radius 1 is 1.18 bits per heavy atom. The van der Waals surface area contributed by atoms with E-state index in [0.717, 1.165) is 4.90 Å². The summed E-state index contributed by atoms with van der Waals surface area (Å²) < 4.78 is 26.1. The summed E-state index contributed by atoms with van der Waals surface area (Å²) in [6.07, 6.45) is 1.25. The number of urea groups is 1. The Balaban J connectivity index is 1.34. The van der Waals surface area contributed by atoms with Crippen molar-refractivity contribution in [1.82, 2.24) is 10.2 Å². The molecule has 1 aromatic heterocycles. The highest BCUT2D eigenvalue weighted by Gasteiger charge is 2.35. The van der Waals surface area contributed by atoms with Gasteiger partial charge >= 0.3 is 17.7 Å². The van der Waals surface area contributed by atoms with Crippen molar-refractivity contribution >= 4 is 41.3 Å². The van der Waals surface area contributed by atoms with Crippen molar-refractivity contribution in [3.63, 3.8) is 0 Å². The molecule has 2 aliphatic heterocycles. The molecule has 3 amide bonds. The fourth-order valence-electron chi connectivity index (χ4n) is 3.86. The summed E-state index contributed by atoms with van der Waals surface area (Å²) in [5.74, 6) is -0.377. The lowest BCUT2D eigenvalue weighted by molar-refractivity contribution is -0.385. The normalized spacial score (nSPS) is 15.0. The van der Waals surface area contributed by atoms with Crippen LogP contribution in [0.3, 0.4) is 0 Å². The third kappa shape index (κ3) is 5.20. The van der Waals surface area contributed by atoms with Gasteiger partial charge in [-0.05, 0) is 47.5 Å². The Morgan fingerprint density at radius 3 is 2.74 bits per heavy atom. The van der Waals surface area contributed by atoms with E-state index in [2.05, 4.69) is 10.1 Å². The van der Waals surface area contributed by atoms with E-state index < -0.39 is 28.5 Å². The van der Waals surface area contributed by atoms with Gasteiger partial charge in [-0.3, -0.25) is 19.8 Å². The van der Waals surface area contributed by atoms with Gasteiger partial charge in [-0.15, -0.1) is 0 Å². The number of furan rings is 1. The largest absolute Gasteiger partial charge is 0.481 e. The highest BCUT2D eigenvalue weighted by Crippen LogP contribution is 2.38. The van der Waals surface area contributed by atoms with Crippen LogP contribution in [0.1, 0.15) is 27.4 Å². The molecular weight excluding hydrogens is 538 g/mol. The third-order valence-electron chi connectivity index (χ3n) is 5.70. The number of ether oxygens (including phenoxy) is 4. The average Bonchev–Trinajstić information content (AvgIpc) is 3.64. The van der Waals surface area contributed by atoms with Crippen LogP contribution in [0.4, 0.5) is 10.5 Å². The Morgan fingerprint density at radius 2 is 1.97 bits per heavy atom. The van der Waals surface area contributed by atoms with Gasteiger partial charge in [0, 0.05) is 6.07 Å². The van der Waals surface area contributed by atoms with E-state index >= 15 is 0 Å². The summed E-state index contributed by atoms with van der Waals surface area (Å²) in [6.45, 7) is -0.189. The number of halogens is 1. The summed E-state index contributed by atoms with van der Waals surface area (Å²) in [5, 5.41) is 14.1. The molecular formula is C25H18ClN3O10. The number of esters is 1. The van der Waals surface area contributed by atoms with Crippen LogP contribution in [-0.2, 0) is 22.7 Å². The number of nitro benzene ring substituents is 1. The minimum absolute atomic E-state index is 0.0361. The number of nitrogens with zero attached hydrogens (tertiary/aromatic N) is 2. The average molecular weight is 556 g/mol. The van der Waals surface area contributed by atoms with E-state index in [-0.39, 0.29) is 53.5 Å². The summed E-state index contributed by atoms with van der Waals surface area (Å²) in [7, 11) is 1.19. The van der Waals surface area contributed by atoms with Gasteiger partial charge in [0.25, 0.3) is 5.91 Å². The van der Waals surface area contributed by atoms with Crippen LogP contribution in [0, 0.1) is 10.1 Å². The maximum atomic E-state index is 12.9. The van der Waals surface area contributed by atoms with Gasteiger partial charge in [0.1, 0.15) is 18.1 Å². The first-order chi connectivity index (χ1) is 18.7. The van der Waals surface area contributed by atoms with Crippen molar-refractivity contribution in [2.75, 3.05) is 13.9 Å². The summed E-state index contributed by atoms with van der Waals surface area (Å²) in [4.78, 5) is 48.8. The smallest absolute Gasteiger partial charge is 0.373 e. The topological polar surface area (TPSA) is 160 Å². The molecule has 200 valence electrons. The molecule has 13 nitrogen and oxygen atoms in total. The van der Waals surface area contributed by atoms with Gasteiger partial charge in [0.15, 0.2) is 11.5 Å². The van der Waals surface area contributed by atoms with Crippen LogP contribution >= 0.6 is 11.6 Å². The molecule has 1 fully saturated rings. The molecule has 1 N–H and O–H groups in total. The first-order valence-electron chi connectivity index (χ1n) is 11.2. The number of nitrogens with one attached hydrogen (secondary N) is 1. The number of amides is 3. The molecule has 1 saturated heterocycles. The van der Waals surface area contributed by atoms with Crippen molar-refractivity contribution in [3.8, 4) is 17.2 Å². The molecule has 2 aliphatic rings. The number of carbonyl (C=O) groups excluding carboxylic acids is 3. The van der Waals surface area contributed by atoms with E-state index in [1.54, 1.807) is 18.2 Å². The van der Waals surface area contributed by atoms with Crippen molar-refractivity contribution in [3.05, 3.63) is 85.9 Å². The molecule has 3 heterocycles. The summed E-state index contributed by atoms with van der Waals surface area (Å²) in [6, 6.07) is 9.70. The molecule has 0 bridgehead atoms. The number of hydrogen-bond donors (Lipinski definition) is 1. The van der Waals surface area contributed by atoms with Gasteiger partial charge < -0.3 is 28.7 Å². The molecule has 0 saturated carbocycles. The lowest BCUT2D eigenvalue weighted by Crippen LogP contribution is -2.30. The molecule has 0 atom stereocenters. The maximum Gasteiger partial charge on any atom is 0.373 e. The number of rotatable bonds is 8. The second-order valence-electron chi connectivity index (χ2n) is 8.22. The number of fused-ring (bicyclic) bond motifs is 1. The number of methoxy groups -OCH3 is 1. The summed E-state index contributed by atoms with van der Waals surface area (Å²) >= 11 is 6.33. The van der Waals surface area contributed by atoms with Crippen LogP contribution in [0.15, 0.2) is 52.6 Å². The summed E-state index contributed by atoms with van der Waals surface area (Å²) in [5.41, 5.74) is 0.276. The van der Waals surface area contributed by atoms with E-state index in [9.17, 15) is 24.5 Å². The number of imide groups is 1.